The molecule has 0 saturated carbocycles. The molecule has 0 aliphatic heterocycles. The Morgan fingerprint density at radius 3 is 2.46 bits per heavy atom. The second-order valence-electron chi connectivity index (χ2n) is 9.21. The third-order valence-corrected chi connectivity index (χ3v) is 6.12. The van der Waals surface area contributed by atoms with Crippen molar-refractivity contribution in [2.24, 2.45) is 5.92 Å². The number of imidazole rings is 2. The van der Waals surface area contributed by atoms with Crippen LogP contribution >= 0.6 is 0 Å². The van der Waals surface area contributed by atoms with E-state index in [1.54, 1.807) is 23.6 Å². The van der Waals surface area contributed by atoms with Crippen LogP contribution in [-0.4, -0.2) is 43.1 Å². The smallest absolute Gasteiger partial charge is 0.289 e. The van der Waals surface area contributed by atoms with Gasteiger partial charge in [0.2, 0.25) is 5.78 Å². The van der Waals surface area contributed by atoms with Gasteiger partial charge in [-0.2, -0.15) is 26.3 Å². The van der Waals surface area contributed by atoms with Crippen LogP contribution in [0.5, 0.6) is 0 Å². The molecule has 4 rings (SSSR count). The molecule has 35 heavy (non-hydrogen) atoms. The summed E-state index contributed by atoms with van der Waals surface area (Å²) < 4.78 is 85.0. The van der Waals surface area contributed by atoms with E-state index < -0.39 is 31.1 Å². The quantitative estimate of drug-likeness (QED) is 0.355. The lowest BCUT2D eigenvalue weighted by atomic mass is 9.90. The Kier molecular flexibility index (Phi) is 6.50. The summed E-state index contributed by atoms with van der Waals surface area (Å²) in [6.07, 6.45) is -4.72. The van der Waals surface area contributed by atoms with E-state index in [4.69, 9.17) is 0 Å². The highest BCUT2D eigenvalue weighted by Crippen LogP contribution is 2.39. The van der Waals surface area contributed by atoms with Crippen molar-refractivity contribution in [2.45, 2.75) is 59.4 Å². The van der Waals surface area contributed by atoms with Gasteiger partial charge < -0.3 is 0 Å². The van der Waals surface area contributed by atoms with Gasteiger partial charge in [-0.15, -0.1) is 0 Å². The zero-order valence-electron chi connectivity index (χ0n) is 19.9. The van der Waals surface area contributed by atoms with E-state index in [0.717, 1.165) is 22.5 Å². The van der Waals surface area contributed by atoms with Gasteiger partial charge in [0.15, 0.2) is 11.3 Å². The zero-order chi connectivity index (χ0) is 25.7. The van der Waals surface area contributed by atoms with Crippen molar-refractivity contribution in [1.82, 2.24) is 23.8 Å². The molecule has 3 aromatic heterocycles. The maximum atomic E-state index is 14.2. The van der Waals surface area contributed by atoms with Crippen LogP contribution in [0.1, 0.15) is 51.9 Å². The molecule has 0 fully saturated rings. The standard InChI is InChI=1S/C24H27F6N5/c1-5-9-33(13-23(25,26)27)12-18-20(24(28,29)30)32-22-34(18)17-7-6-8-31-21(17)35(22)19-15(3)10-14(2)11-16(19)4/h6-8,10,14H,5,9,11-13H2,1-4H3. The van der Waals surface area contributed by atoms with Crippen molar-refractivity contribution in [3.05, 3.63) is 46.9 Å². The first-order valence-electron chi connectivity index (χ1n) is 11.4. The second-order valence-corrected chi connectivity index (χ2v) is 9.21. The highest BCUT2D eigenvalue weighted by Gasteiger charge is 2.41. The van der Waals surface area contributed by atoms with Crippen LogP contribution in [0.4, 0.5) is 26.3 Å². The van der Waals surface area contributed by atoms with Crippen LogP contribution in [0.15, 0.2) is 35.6 Å². The van der Waals surface area contributed by atoms with Gasteiger partial charge in [0.25, 0.3) is 0 Å². The van der Waals surface area contributed by atoms with Crippen LogP contribution in [0.25, 0.3) is 22.6 Å². The largest absolute Gasteiger partial charge is 0.435 e. The predicted molar refractivity (Wildman–Crippen MR) is 122 cm³/mol. The Labute approximate surface area is 198 Å². The van der Waals surface area contributed by atoms with Crippen molar-refractivity contribution in [1.29, 1.82) is 0 Å². The van der Waals surface area contributed by atoms with Crippen LogP contribution in [-0.2, 0) is 12.7 Å². The summed E-state index contributed by atoms with van der Waals surface area (Å²) in [5.74, 6) is 0.261. The van der Waals surface area contributed by atoms with Crippen LogP contribution < -0.4 is 0 Å². The van der Waals surface area contributed by atoms with Gasteiger partial charge >= 0.3 is 12.4 Å². The van der Waals surface area contributed by atoms with Gasteiger partial charge in [-0.3, -0.25) is 13.9 Å². The Hall–Kier alpha value is -2.82. The summed E-state index contributed by atoms with van der Waals surface area (Å²) in [6.45, 7) is 5.68. The number of hydrogen-bond acceptors (Lipinski definition) is 3. The number of nitrogens with zero attached hydrogens (tertiary/aromatic N) is 5. The SMILES string of the molecule is CCCN(Cc1c(C(F)(F)F)nc2n(C3=C(C)CC(C)C=C3C)c3ncccc3n12)CC(F)(F)F. The lowest BCUT2D eigenvalue weighted by Gasteiger charge is -2.23. The van der Waals surface area contributed by atoms with Crippen molar-refractivity contribution in [2.75, 3.05) is 13.1 Å². The van der Waals surface area contributed by atoms with Crippen LogP contribution in [0.3, 0.4) is 0 Å². The lowest BCUT2D eigenvalue weighted by Crippen LogP contribution is -2.35. The minimum Gasteiger partial charge on any atom is -0.289 e. The number of allylic oxidation sites excluding steroid dienone is 4. The molecule has 0 aromatic carbocycles. The van der Waals surface area contributed by atoms with Gasteiger partial charge in [0, 0.05) is 12.7 Å². The molecule has 3 heterocycles. The van der Waals surface area contributed by atoms with E-state index in [-0.39, 0.29) is 23.9 Å². The fraction of sp³-hybridized carbons (Fsp3) is 0.500. The minimum atomic E-state index is -4.84. The molecule has 0 spiro atoms. The number of fused-ring (bicyclic) bond motifs is 3. The maximum Gasteiger partial charge on any atom is 0.435 e. The molecule has 0 N–H and O–H groups in total. The highest BCUT2D eigenvalue weighted by molar-refractivity contribution is 5.86. The fourth-order valence-electron chi connectivity index (χ4n) is 5.10. The lowest BCUT2D eigenvalue weighted by molar-refractivity contribution is -0.148. The summed E-state index contributed by atoms with van der Waals surface area (Å²) in [4.78, 5) is 9.40. The monoisotopic (exact) mass is 499 g/mol. The summed E-state index contributed by atoms with van der Waals surface area (Å²) >= 11 is 0. The third kappa shape index (κ3) is 4.82. The van der Waals surface area contributed by atoms with Crippen molar-refractivity contribution in [3.63, 3.8) is 0 Å². The zero-order valence-corrected chi connectivity index (χ0v) is 19.9. The first-order chi connectivity index (χ1) is 16.3. The number of pyridine rings is 1. The molecule has 5 nitrogen and oxygen atoms in total. The number of hydrogen-bond donors (Lipinski definition) is 0. The minimum absolute atomic E-state index is 0.00900. The molecule has 11 heteroatoms. The molecule has 0 saturated heterocycles. The molecule has 3 aromatic rings. The molecule has 0 bridgehead atoms. The second kappa shape index (κ2) is 9.00. The normalized spacial score (nSPS) is 17.8. The average molecular weight is 500 g/mol. The molecule has 0 amide bonds. The molecule has 1 atom stereocenters. The van der Waals surface area contributed by atoms with Crippen molar-refractivity contribution >= 4 is 22.6 Å². The van der Waals surface area contributed by atoms with E-state index in [2.05, 4.69) is 23.0 Å². The predicted octanol–water partition coefficient (Wildman–Crippen LogP) is 6.69. The highest BCUT2D eigenvalue weighted by atomic mass is 19.4. The third-order valence-electron chi connectivity index (χ3n) is 6.12. The van der Waals surface area contributed by atoms with Gasteiger partial charge in [0.05, 0.1) is 23.5 Å². The van der Waals surface area contributed by atoms with Gasteiger partial charge in [-0.05, 0) is 62.4 Å². The summed E-state index contributed by atoms with van der Waals surface area (Å²) in [5, 5.41) is 0. The maximum absolute atomic E-state index is 14.2. The molecule has 1 unspecified atom stereocenters. The Bertz CT molecular complexity index is 1310. The van der Waals surface area contributed by atoms with Crippen molar-refractivity contribution < 1.29 is 26.3 Å². The van der Waals surface area contributed by atoms with Crippen LogP contribution in [0, 0.1) is 5.92 Å². The topological polar surface area (TPSA) is 38.4 Å². The number of aromatic nitrogens is 4. The molecule has 0 radical (unpaired) electrons. The molecular formula is C24H27F6N5. The molecule has 190 valence electrons. The summed E-state index contributed by atoms with van der Waals surface area (Å²) in [7, 11) is 0. The molecular weight excluding hydrogens is 472 g/mol. The Morgan fingerprint density at radius 2 is 1.86 bits per heavy atom. The molecule has 1 aliphatic rings. The van der Waals surface area contributed by atoms with E-state index in [1.165, 1.54) is 10.6 Å². The fourth-order valence-corrected chi connectivity index (χ4v) is 5.10. The number of alkyl halides is 6. The van der Waals surface area contributed by atoms with E-state index in [1.807, 2.05) is 13.8 Å². The Balaban J connectivity index is 2.02. The Morgan fingerprint density at radius 1 is 1.14 bits per heavy atom. The first-order valence-corrected chi connectivity index (χ1v) is 11.4. The van der Waals surface area contributed by atoms with Gasteiger partial charge in [0.1, 0.15) is 0 Å². The van der Waals surface area contributed by atoms with Crippen molar-refractivity contribution in [3.8, 4) is 0 Å². The van der Waals surface area contributed by atoms with E-state index in [9.17, 15) is 26.3 Å². The summed E-state index contributed by atoms with van der Waals surface area (Å²) in [5.41, 5.74) is 1.83. The summed E-state index contributed by atoms with van der Waals surface area (Å²) in [6, 6.07) is 3.21. The first kappa shape index (κ1) is 25.3. The molecule has 1 aliphatic carbocycles. The van der Waals surface area contributed by atoms with E-state index in [0.29, 0.717) is 23.3 Å². The average Bonchev–Trinajstić information content (AvgIpc) is 3.22. The number of halogens is 6. The van der Waals surface area contributed by atoms with E-state index >= 15 is 0 Å². The number of rotatable bonds is 6. The van der Waals surface area contributed by atoms with Crippen LogP contribution in [0.2, 0.25) is 0 Å². The van der Waals surface area contributed by atoms with Gasteiger partial charge in [-0.25, -0.2) is 9.97 Å². The van der Waals surface area contributed by atoms with Gasteiger partial charge in [-0.1, -0.05) is 19.9 Å².